The van der Waals surface area contributed by atoms with Gasteiger partial charge >= 0.3 is 6.18 Å². The molecule has 0 saturated heterocycles. The first-order valence-corrected chi connectivity index (χ1v) is 9.98. The van der Waals surface area contributed by atoms with Gasteiger partial charge in [0.1, 0.15) is 11.5 Å². The predicted octanol–water partition coefficient (Wildman–Crippen LogP) is 6.57. The Kier molecular flexibility index (Phi) is 7.18. The van der Waals surface area contributed by atoms with E-state index in [0.717, 1.165) is 0 Å². The molecule has 3 aromatic rings. The van der Waals surface area contributed by atoms with E-state index in [1.807, 2.05) is 0 Å². The van der Waals surface area contributed by atoms with Gasteiger partial charge in [-0.1, -0.05) is 35.9 Å². The van der Waals surface area contributed by atoms with Gasteiger partial charge < -0.3 is 11.1 Å². The molecule has 33 heavy (non-hydrogen) atoms. The molecule has 0 unspecified atom stereocenters. The minimum Gasteiger partial charge on any atom is -0.395 e. The molecule has 0 radical (unpaired) electrons. The van der Waals surface area contributed by atoms with E-state index in [1.165, 1.54) is 42.5 Å². The molecule has 0 aromatic heterocycles. The number of rotatable bonds is 5. The maximum atomic E-state index is 13.3. The lowest BCUT2D eigenvalue weighted by molar-refractivity contribution is -0.0925. The molecule has 0 aliphatic heterocycles. The number of halogens is 5. The van der Waals surface area contributed by atoms with Crippen LogP contribution in [0.5, 0.6) is 0 Å². The number of para-hydroxylation sites is 1. The van der Waals surface area contributed by atoms with E-state index in [0.29, 0.717) is 17.3 Å². The van der Waals surface area contributed by atoms with Crippen LogP contribution in [-0.2, 0) is 0 Å². The van der Waals surface area contributed by atoms with Crippen LogP contribution < -0.4 is 11.1 Å². The zero-order chi connectivity index (χ0) is 24.2. The number of hydrogen-bond donors (Lipinski definition) is 2. The minimum absolute atomic E-state index is 0.0840. The summed E-state index contributed by atoms with van der Waals surface area (Å²) >= 11 is 6.09. The normalized spacial score (nSPS) is 12.5. The van der Waals surface area contributed by atoms with Crippen LogP contribution in [0, 0.1) is 12.7 Å². The highest BCUT2D eigenvalue weighted by Crippen LogP contribution is 2.27. The molecule has 9 heteroatoms. The largest absolute Gasteiger partial charge is 0.430 e. The summed E-state index contributed by atoms with van der Waals surface area (Å²) in [6, 6.07) is 16.1. The zero-order valence-corrected chi connectivity index (χ0v) is 18.0. The van der Waals surface area contributed by atoms with Gasteiger partial charge in [-0.05, 0) is 61.0 Å². The third-order valence-corrected chi connectivity index (χ3v) is 4.91. The molecule has 4 nitrogen and oxygen atoms in total. The lowest BCUT2D eigenvalue weighted by Crippen LogP contribution is -2.21. The lowest BCUT2D eigenvalue weighted by Gasteiger charge is -2.11. The second-order valence-electron chi connectivity index (χ2n) is 7.04. The summed E-state index contributed by atoms with van der Waals surface area (Å²) in [4.78, 5) is 16.8. The molecule has 0 spiro atoms. The van der Waals surface area contributed by atoms with Gasteiger partial charge in [-0.25, -0.2) is 9.38 Å². The molecule has 0 saturated carbocycles. The number of nitrogens with two attached hydrogens (primary N) is 1. The van der Waals surface area contributed by atoms with Crippen LogP contribution in [0.3, 0.4) is 0 Å². The Morgan fingerprint density at radius 2 is 1.67 bits per heavy atom. The summed E-state index contributed by atoms with van der Waals surface area (Å²) < 4.78 is 52.3. The van der Waals surface area contributed by atoms with Crippen molar-refractivity contribution in [1.29, 1.82) is 0 Å². The number of nitrogens with zero attached hydrogens (tertiary/aromatic N) is 1. The molecule has 0 atom stereocenters. The Balaban J connectivity index is 1.93. The molecule has 0 aliphatic rings. The fourth-order valence-corrected chi connectivity index (χ4v) is 3.01. The van der Waals surface area contributed by atoms with Gasteiger partial charge in [-0.2, -0.15) is 13.2 Å². The van der Waals surface area contributed by atoms with Crippen LogP contribution >= 0.6 is 11.6 Å². The molecule has 0 bridgehead atoms. The highest BCUT2D eigenvalue weighted by molar-refractivity contribution is 6.33. The number of hydrogen-bond acceptors (Lipinski definition) is 3. The predicted molar refractivity (Wildman–Crippen MR) is 122 cm³/mol. The average molecular weight is 476 g/mol. The second kappa shape index (κ2) is 9.87. The first-order valence-electron chi connectivity index (χ1n) is 9.60. The Hall–Kier alpha value is -3.65. The molecule has 3 aromatic carbocycles. The van der Waals surface area contributed by atoms with Crippen LogP contribution in [0.4, 0.5) is 28.9 Å². The van der Waals surface area contributed by atoms with Crippen molar-refractivity contribution in [3.05, 3.63) is 106 Å². The number of benzene rings is 3. The first-order chi connectivity index (χ1) is 15.5. The third kappa shape index (κ3) is 6.20. The van der Waals surface area contributed by atoms with Gasteiger partial charge in [0.05, 0.1) is 16.4 Å². The van der Waals surface area contributed by atoms with Crippen molar-refractivity contribution in [2.24, 2.45) is 10.7 Å². The van der Waals surface area contributed by atoms with E-state index < -0.39 is 23.6 Å². The summed E-state index contributed by atoms with van der Waals surface area (Å²) in [6.45, 7) is 1.65. The van der Waals surface area contributed by atoms with Crippen LogP contribution in [0.15, 0.2) is 83.5 Å². The summed E-state index contributed by atoms with van der Waals surface area (Å²) in [5.41, 5.74) is 5.56. The minimum atomic E-state index is -4.74. The van der Waals surface area contributed by atoms with Crippen LogP contribution in [0.25, 0.3) is 0 Å². The van der Waals surface area contributed by atoms with E-state index in [2.05, 4.69) is 10.3 Å². The van der Waals surface area contributed by atoms with Crippen molar-refractivity contribution in [3.63, 3.8) is 0 Å². The molecular formula is C24H18ClF4N3O. The van der Waals surface area contributed by atoms with Gasteiger partial charge in [0.25, 0.3) is 5.91 Å². The first kappa shape index (κ1) is 24.0. The number of aryl methyl sites for hydroxylation is 1. The number of carbonyl (C=O) groups excluding carboxylic acids is 1. The molecule has 0 aliphatic carbocycles. The summed E-state index contributed by atoms with van der Waals surface area (Å²) in [5.74, 6) is -0.891. The van der Waals surface area contributed by atoms with Crippen molar-refractivity contribution in [3.8, 4) is 0 Å². The van der Waals surface area contributed by atoms with Gasteiger partial charge in [-0.3, -0.25) is 4.79 Å². The zero-order valence-electron chi connectivity index (χ0n) is 17.3. The Morgan fingerprint density at radius 3 is 2.27 bits per heavy atom. The Labute approximate surface area is 192 Å². The van der Waals surface area contributed by atoms with Crippen molar-refractivity contribution in [1.82, 2.24) is 0 Å². The summed E-state index contributed by atoms with van der Waals surface area (Å²) in [7, 11) is 0. The van der Waals surface area contributed by atoms with Crippen molar-refractivity contribution >= 4 is 34.6 Å². The molecule has 170 valence electrons. The topological polar surface area (TPSA) is 67.5 Å². The van der Waals surface area contributed by atoms with E-state index in [4.69, 9.17) is 17.3 Å². The second-order valence-corrected chi connectivity index (χ2v) is 7.44. The number of allylic oxidation sites excluding steroid dienone is 2. The molecular weight excluding hydrogens is 458 g/mol. The van der Waals surface area contributed by atoms with E-state index in [-0.39, 0.29) is 27.5 Å². The van der Waals surface area contributed by atoms with Gasteiger partial charge in [-0.15, -0.1) is 0 Å². The van der Waals surface area contributed by atoms with Gasteiger partial charge in [0.15, 0.2) is 0 Å². The third-order valence-electron chi connectivity index (χ3n) is 4.59. The fraction of sp³-hybridized carbons (Fsp3) is 0.0833. The Bertz CT molecular complexity index is 1240. The standard InChI is InChI=1S/C24H18ClF4N3O/c1-14-12-17(26)10-11-19(14)32-23(33)16-8-6-15(7-9-16)21(13-22(30)24(27,28)29)31-20-5-3-2-4-18(20)25/h2-13H,30H2,1H3,(H,32,33). The highest BCUT2D eigenvalue weighted by atomic mass is 35.5. The molecule has 0 heterocycles. The number of alkyl halides is 3. The van der Waals surface area contributed by atoms with Crippen molar-refractivity contribution in [2.75, 3.05) is 5.32 Å². The number of aliphatic imine (C=N–C) groups is 1. The summed E-state index contributed by atoms with van der Waals surface area (Å²) in [6.07, 6.45) is -4.03. The number of carbonyl (C=O) groups is 1. The number of amides is 1. The van der Waals surface area contributed by atoms with Crippen LogP contribution in [-0.4, -0.2) is 17.8 Å². The van der Waals surface area contributed by atoms with Gasteiger partial charge in [0.2, 0.25) is 0 Å². The van der Waals surface area contributed by atoms with Crippen LogP contribution in [0.1, 0.15) is 21.5 Å². The highest BCUT2D eigenvalue weighted by Gasteiger charge is 2.31. The van der Waals surface area contributed by atoms with Crippen molar-refractivity contribution in [2.45, 2.75) is 13.1 Å². The maximum Gasteiger partial charge on any atom is 0.430 e. The van der Waals surface area contributed by atoms with E-state index in [1.54, 1.807) is 31.2 Å². The smallest absolute Gasteiger partial charge is 0.395 e. The molecule has 0 fully saturated rings. The van der Waals surface area contributed by atoms with Crippen molar-refractivity contribution < 1.29 is 22.4 Å². The maximum absolute atomic E-state index is 13.3. The molecule has 3 N–H and O–H groups in total. The average Bonchev–Trinajstić information content (AvgIpc) is 2.76. The molecule has 1 amide bonds. The van der Waals surface area contributed by atoms with Crippen LogP contribution in [0.2, 0.25) is 5.02 Å². The summed E-state index contributed by atoms with van der Waals surface area (Å²) in [5, 5.41) is 2.92. The SMILES string of the molecule is Cc1cc(F)ccc1NC(=O)c1ccc(C(C=C(N)C(F)(F)F)=Nc2ccccc2Cl)cc1. The monoisotopic (exact) mass is 475 g/mol. The van der Waals surface area contributed by atoms with Gasteiger partial charge in [0, 0.05) is 16.8 Å². The quantitative estimate of drug-likeness (QED) is 0.324. The fourth-order valence-electron chi connectivity index (χ4n) is 2.84. The lowest BCUT2D eigenvalue weighted by atomic mass is 10.1. The van der Waals surface area contributed by atoms with E-state index >= 15 is 0 Å². The molecule has 3 rings (SSSR count). The number of nitrogens with one attached hydrogen (secondary N) is 1. The van der Waals surface area contributed by atoms with E-state index in [9.17, 15) is 22.4 Å². The number of anilines is 1. The Morgan fingerprint density at radius 1 is 1.03 bits per heavy atom.